The van der Waals surface area contributed by atoms with E-state index >= 15 is 0 Å². The van der Waals surface area contributed by atoms with Crippen molar-refractivity contribution in [2.75, 3.05) is 26.3 Å². The summed E-state index contributed by atoms with van der Waals surface area (Å²) in [6.45, 7) is -0.0347. The first-order chi connectivity index (χ1) is 11.4. The first-order valence-corrected chi connectivity index (χ1v) is 8.32. The number of aliphatic hydroxyl groups excluding tert-OH is 5. The van der Waals surface area contributed by atoms with Crippen LogP contribution in [-0.2, 0) is 10.2 Å². The topological polar surface area (TPSA) is 249 Å². The summed E-state index contributed by atoms with van der Waals surface area (Å²) in [7, 11) is -4.23. The number of likely N-dealkylation sites (tertiary alicyclic amines) is 1. The number of amides is 4. The Morgan fingerprint density at radius 1 is 1.04 bits per heavy atom. The van der Waals surface area contributed by atoms with Crippen molar-refractivity contribution in [3.8, 4) is 0 Å². The Balaban J connectivity index is 0.000000477. The van der Waals surface area contributed by atoms with Gasteiger partial charge in [0.1, 0.15) is 12.2 Å². The highest BCUT2D eigenvalue weighted by molar-refractivity contribution is 7.88. The molecule has 0 saturated carbocycles. The van der Waals surface area contributed by atoms with Gasteiger partial charge in [0, 0.05) is 13.1 Å². The summed E-state index contributed by atoms with van der Waals surface area (Å²) in [6, 6.07) is -3.24. The van der Waals surface area contributed by atoms with E-state index in [1.165, 1.54) is 9.44 Å². The zero-order valence-corrected chi connectivity index (χ0v) is 13.8. The quantitative estimate of drug-likeness (QED) is 0.215. The van der Waals surface area contributed by atoms with Gasteiger partial charge in [0.05, 0.1) is 25.4 Å². The second-order valence-electron chi connectivity index (χ2n) is 4.95. The molecule has 0 aromatic heterocycles. The van der Waals surface area contributed by atoms with Gasteiger partial charge in [-0.05, 0) is 0 Å². The molecule has 1 fully saturated rings. The van der Waals surface area contributed by atoms with Crippen molar-refractivity contribution in [1.29, 1.82) is 0 Å². The number of nitrogens with zero attached hydrogens (tertiary/aromatic N) is 1. The Bertz CT molecular complexity index is 523. The number of carbonyl (C=O) groups excluding carboxylic acids is 2. The highest BCUT2D eigenvalue weighted by Gasteiger charge is 2.40. The molecule has 0 unspecified atom stereocenters. The Morgan fingerprint density at radius 2 is 1.52 bits per heavy atom. The van der Waals surface area contributed by atoms with Gasteiger partial charge in [-0.2, -0.15) is 8.42 Å². The third-order valence-electron chi connectivity index (χ3n) is 3.07. The molecule has 4 atom stereocenters. The Labute approximate surface area is 143 Å². The van der Waals surface area contributed by atoms with Crippen LogP contribution in [0.5, 0.6) is 0 Å². The summed E-state index contributed by atoms with van der Waals surface area (Å²) in [5.41, 5.74) is 8.87. The standard InChI is InChI=1S/C8H17NO5.C2H6N4O4S/c10-2-1-9-3-6(12)8(14)7(13)5(9)4-11;3-1(7)5-11(9,10)6-2(4)8/h5-8,10-14H,1-4H2;(H3,3,5,7)(H3,4,6,8)/t5-,6+,7-,8-;/m1./s1. The van der Waals surface area contributed by atoms with E-state index in [-0.39, 0.29) is 26.3 Å². The third-order valence-corrected chi connectivity index (χ3v) is 4.01. The van der Waals surface area contributed by atoms with Crippen LogP contribution < -0.4 is 20.9 Å². The predicted molar refractivity (Wildman–Crippen MR) is 81.9 cm³/mol. The van der Waals surface area contributed by atoms with Crippen molar-refractivity contribution in [3.63, 3.8) is 0 Å². The number of hydrogen-bond donors (Lipinski definition) is 9. The number of nitrogens with one attached hydrogen (secondary N) is 2. The van der Waals surface area contributed by atoms with Crippen LogP contribution >= 0.6 is 0 Å². The fourth-order valence-corrected chi connectivity index (χ4v) is 2.64. The van der Waals surface area contributed by atoms with Gasteiger partial charge in [-0.1, -0.05) is 0 Å². The monoisotopic (exact) mass is 389 g/mol. The van der Waals surface area contributed by atoms with E-state index in [1.54, 1.807) is 4.90 Å². The zero-order chi connectivity index (χ0) is 19.8. The minimum Gasteiger partial charge on any atom is -0.395 e. The fourth-order valence-electron chi connectivity index (χ4n) is 2.05. The van der Waals surface area contributed by atoms with E-state index in [4.69, 9.17) is 10.2 Å². The molecule has 15 heteroatoms. The molecule has 0 radical (unpaired) electrons. The number of rotatable bonds is 5. The lowest BCUT2D eigenvalue weighted by Crippen LogP contribution is -2.62. The second kappa shape index (κ2) is 10.3. The fraction of sp³-hybridized carbons (Fsp3) is 0.800. The molecule has 0 aromatic carbocycles. The van der Waals surface area contributed by atoms with Crippen molar-refractivity contribution in [2.45, 2.75) is 24.4 Å². The van der Waals surface area contributed by atoms with Gasteiger partial charge >= 0.3 is 22.3 Å². The molecule has 4 amide bonds. The maximum atomic E-state index is 10.4. The van der Waals surface area contributed by atoms with E-state index in [9.17, 15) is 33.3 Å². The van der Waals surface area contributed by atoms with E-state index in [0.717, 1.165) is 0 Å². The number of urea groups is 2. The predicted octanol–water partition coefficient (Wildman–Crippen LogP) is -5.69. The summed E-state index contributed by atoms with van der Waals surface area (Å²) in [5.74, 6) is 0. The molecule has 1 aliphatic rings. The highest BCUT2D eigenvalue weighted by atomic mass is 32.2. The first-order valence-electron chi connectivity index (χ1n) is 6.84. The average Bonchev–Trinajstić information content (AvgIpc) is 2.43. The molecule has 0 bridgehead atoms. The van der Waals surface area contributed by atoms with Crippen molar-refractivity contribution < 1.29 is 43.5 Å². The van der Waals surface area contributed by atoms with Crippen LogP contribution in [0.15, 0.2) is 0 Å². The van der Waals surface area contributed by atoms with Crippen molar-refractivity contribution in [1.82, 2.24) is 14.3 Å². The number of primary amides is 2. The van der Waals surface area contributed by atoms with Crippen LogP contribution in [0.1, 0.15) is 0 Å². The Morgan fingerprint density at radius 3 is 1.88 bits per heavy atom. The number of β-amino-alcohol motifs (C(OH)–C–C–N with tert-alkyl or cyclic N) is 2. The lowest BCUT2D eigenvalue weighted by molar-refractivity contribution is -0.146. The van der Waals surface area contributed by atoms with Crippen LogP contribution in [0, 0.1) is 0 Å². The maximum Gasteiger partial charge on any atom is 0.328 e. The highest BCUT2D eigenvalue weighted by Crippen LogP contribution is 2.18. The van der Waals surface area contributed by atoms with Crippen LogP contribution in [0.2, 0.25) is 0 Å². The molecule has 1 aliphatic heterocycles. The number of hydrogen-bond acceptors (Lipinski definition) is 10. The van der Waals surface area contributed by atoms with Crippen LogP contribution in [0.25, 0.3) is 0 Å². The zero-order valence-electron chi connectivity index (χ0n) is 13.0. The van der Waals surface area contributed by atoms with Crippen LogP contribution in [0.4, 0.5) is 9.59 Å². The molecule has 0 aliphatic carbocycles. The summed E-state index contributed by atoms with van der Waals surface area (Å²) in [5, 5.41) is 45.9. The number of aliphatic hydroxyl groups is 5. The minimum absolute atomic E-state index is 0.119. The Hall–Kier alpha value is -1.75. The number of carbonyl (C=O) groups is 2. The SMILES string of the molecule is NC(=O)NS(=O)(=O)NC(N)=O.OCCN1C[C@H](O)[C@@H](O)[C@H](O)[C@H]1CO. The molecule has 1 heterocycles. The van der Waals surface area contributed by atoms with Crippen LogP contribution in [-0.4, -0.2) is 102 Å². The first kappa shape index (κ1) is 23.2. The third kappa shape index (κ3) is 8.25. The maximum absolute atomic E-state index is 10.4. The minimum atomic E-state index is -4.23. The van der Waals surface area contributed by atoms with E-state index in [0.29, 0.717) is 0 Å². The molecule has 14 nitrogen and oxygen atoms in total. The largest absolute Gasteiger partial charge is 0.395 e. The molecular weight excluding hydrogens is 366 g/mol. The molecule has 148 valence electrons. The number of nitrogens with two attached hydrogens (primary N) is 2. The van der Waals surface area contributed by atoms with Crippen molar-refractivity contribution in [2.24, 2.45) is 11.5 Å². The van der Waals surface area contributed by atoms with Gasteiger partial charge < -0.3 is 37.0 Å². The van der Waals surface area contributed by atoms with Gasteiger partial charge in [0.15, 0.2) is 0 Å². The molecule has 25 heavy (non-hydrogen) atoms. The summed E-state index contributed by atoms with van der Waals surface area (Å²) < 4.78 is 23.4. The number of piperidine rings is 1. The van der Waals surface area contributed by atoms with E-state index in [1.807, 2.05) is 0 Å². The van der Waals surface area contributed by atoms with Gasteiger partial charge in [0.25, 0.3) is 0 Å². The normalized spacial score (nSPS) is 26.9. The summed E-state index contributed by atoms with van der Waals surface area (Å²) in [6.07, 6.45) is -3.46. The van der Waals surface area contributed by atoms with Gasteiger partial charge in [-0.25, -0.2) is 19.0 Å². The molecular formula is C10H23N5O9S. The van der Waals surface area contributed by atoms with Gasteiger partial charge in [-0.15, -0.1) is 0 Å². The van der Waals surface area contributed by atoms with Gasteiger partial charge in [0.2, 0.25) is 0 Å². The summed E-state index contributed by atoms with van der Waals surface area (Å²) in [4.78, 5) is 21.4. The second-order valence-corrected chi connectivity index (χ2v) is 6.37. The smallest absolute Gasteiger partial charge is 0.328 e. The van der Waals surface area contributed by atoms with Crippen molar-refractivity contribution >= 4 is 22.3 Å². The Kier molecular flexibility index (Phi) is 9.57. The van der Waals surface area contributed by atoms with Gasteiger partial charge in [-0.3, -0.25) is 4.90 Å². The van der Waals surface area contributed by atoms with E-state index < -0.39 is 46.6 Å². The lowest BCUT2D eigenvalue weighted by Gasteiger charge is -2.42. The van der Waals surface area contributed by atoms with Crippen LogP contribution in [0.3, 0.4) is 0 Å². The van der Waals surface area contributed by atoms with E-state index in [2.05, 4.69) is 11.5 Å². The average molecular weight is 389 g/mol. The molecule has 1 rings (SSSR count). The molecule has 11 N–H and O–H groups in total. The lowest BCUT2D eigenvalue weighted by atomic mass is 9.94. The molecule has 0 spiro atoms. The molecule has 1 saturated heterocycles. The molecule has 0 aromatic rings. The van der Waals surface area contributed by atoms with Crippen molar-refractivity contribution in [3.05, 3.63) is 0 Å². The summed E-state index contributed by atoms with van der Waals surface area (Å²) >= 11 is 0.